The zero-order valence-corrected chi connectivity index (χ0v) is 15.5. The molecule has 2 amide bonds. The number of aryl methyl sites for hydroxylation is 2. The molecule has 1 atom stereocenters. The number of likely N-dealkylation sites (tertiary alicyclic amines) is 1. The predicted molar refractivity (Wildman–Crippen MR) is 92.8 cm³/mol. The first-order valence-electron chi connectivity index (χ1n) is 8.12. The number of nitrogens with zero attached hydrogens (tertiary/aromatic N) is 1. The maximum absolute atomic E-state index is 12.6. The second kappa shape index (κ2) is 5.84. The maximum atomic E-state index is 12.6. The molecule has 24 heavy (non-hydrogen) atoms. The highest BCUT2D eigenvalue weighted by Crippen LogP contribution is 2.45. The summed E-state index contributed by atoms with van der Waals surface area (Å²) in [7, 11) is -3.40. The second-order valence-corrected chi connectivity index (χ2v) is 10.4. The Kier molecular flexibility index (Phi) is 4.24. The Morgan fingerprint density at radius 3 is 2.67 bits per heavy atom. The highest BCUT2D eigenvalue weighted by Gasteiger charge is 2.64. The number of sulfone groups is 1. The van der Waals surface area contributed by atoms with Gasteiger partial charge in [-0.25, -0.2) is 8.42 Å². The summed E-state index contributed by atoms with van der Waals surface area (Å²) in [5.74, 6) is -1.45. The van der Waals surface area contributed by atoms with Gasteiger partial charge in [0.25, 0.3) is 5.91 Å². The first-order valence-corrected chi connectivity index (χ1v) is 10.6. The van der Waals surface area contributed by atoms with Gasteiger partial charge < -0.3 is 10.6 Å². The maximum Gasteiger partial charge on any atom is 0.264 e. The summed E-state index contributed by atoms with van der Waals surface area (Å²) in [5, 5.41) is 0. The summed E-state index contributed by atoms with van der Waals surface area (Å²) in [6, 6.07) is 1.91. The predicted octanol–water partition coefficient (Wildman–Crippen LogP) is 1.12. The molecule has 3 rings (SSSR count). The first kappa shape index (κ1) is 17.4. The quantitative estimate of drug-likeness (QED) is 0.859. The van der Waals surface area contributed by atoms with Gasteiger partial charge in [0, 0.05) is 18.0 Å². The van der Waals surface area contributed by atoms with E-state index in [4.69, 9.17) is 5.73 Å². The first-order chi connectivity index (χ1) is 11.2. The van der Waals surface area contributed by atoms with Gasteiger partial charge in [-0.1, -0.05) is 13.3 Å². The Balaban J connectivity index is 1.79. The van der Waals surface area contributed by atoms with Crippen LogP contribution in [0.5, 0.6) is 0 Å². The van der Waals surface area contributed by atoms with Crippen LogP contribution in [0.15, 0.2) is 6.07 Å². The molecule has 3 heterocycles. The van der Waals surface area contributed by atoms with Gasteiger partial charge in [0.1, 0.15) is 4.75 Å². The molecule has 0 aliphatic carbocycles. The van der Waals surface area contributed by atoms with E-state index in [1.165, 1.54) is 21.8 Å². The largest absolute Gasteiger partial charge is 0.369 e. The number of primary amides is 1. The van der Waals surface area contributed by atoms with Crippen molar-refractivity contribution in [1.29, 1.82) is 0 Å². The summed E-state index contributed by atoms with van der Waals surface area (Å²) in [6.45, 7) is 4.23. The minimum Gasteiger partial charge on any atom is -0.369 e. The van der Waals surface area contributed by atoms with Crippen molar-refractivity contribution in [2.24, 2.45) is 11.7 Å². The molecule has 8 heteroatoms. The van der Waals surface area contributed by atoms with Crippen molar-refractivity contribution in [3.63, 3.8) is 0 Å². The molecule has 1 unspecified atom stereocenters. The fourth-order valence-electron chi connectivity index (χ4n) is 3.82. The molecular formula is C16H22N2O4S2. The van der Waals surface area contributed by atoms with E-state index in [1.54, 1.807) is 0 Å². The fraction of sp³-hybridized carbons (Fsp3) is 0.625. The van der Waals surface area contributed by atoms with Crippen LogP contribution in [-0.2, 0) is 21.1 Å². The van der Waals surface area contributed by atoms with E-state index in [0.717, 1.165) is 17.7 Å². The van der Waals surface area contributed by atoms with Gasteiger partial charge in [-0.3, -0.25) is 9.59 Å². The summed E-state index contributed by atoms with van der Waals surface area (Å²) in [4.78, 5) is 27.6. The van der Waals surface area contributed by atoms with Crippen molar-refractivity contribution < 1.29 is 18.0 Å². The van der Waals surface area contributed by atoms with E-state index in [2.05, 4.69) is 6.92 Å². The molecule has 132 valence electrons. The van der Waals surface area contributed by atoms with Crippen LogP contribution in [0.2, 0.25) is 0 Å². The Morgan fingerprint density at radius 2 is 2.08 bits per heavy atom. The van der Waals surface area contributed by atoms with Crippen LogP contribution in [0.3, 0.4) is 0 Å². The highest BCUT2D eigenvalue weighted by molar-refractivity contribution is 7.93. The number of amides is 2. The Bertz CT molecular complexity index is 791. The number of hydrogen-bond acceptors (Lipinski definition) is 5. The minimum atomic E-state index is -3.40. The Labute approximate surface area is 145 Å². The molecule has 1 aromatic rings. The summed E-state index contributed by atoms with van der Waals surface area (Å²) >= 11 is 1.45. The molecule has 1 spiro atoms. The van der Waals surface area contributed by atoms with Crippen LogP contribution in [0.1, 0.15) is 39.9 Å². The van der Waals surface area contributed by atoms with Gasteiger partial charge in [-0.15, -0.1) is 11.3 Å². The molecule has 2 fully saturated rings. The second-order valence-electron chi connectivity index (χ2n) is 6.73. The Hall–Kier alpha value is -1.41. The molecule has 0 radical (unpaired) electrons. The standard InChI is InChI=1S/C16H22N2O4S2/c1-3-4-11-7-13(23-10(11)2)15(20)18-8-16(9-18)12(14(17)19)5-6-24(16,21)22/h7,12H,3-6,8-9H2,1-2H3,(H2,17,19). The average Bonchev–Trinajstić information content (AvgIpc) is 2.94. The normalized spacial score (nSPS) is 24.1. The number of hydrogen-bond donors (Lipinski definition) is 1. The molecule has 0 saturated carbocycles. The van der Waals surface area contributed by atoms with Crippen molar-refractivity contribution in [1.82, 2.24) is 4.90 Å². The van der Waals surface area contributed by atoms with E-state index in [0.29, 0.717) is 4.88 Å². The van der Waals surface area contributed by atoms with Crippen molar-refractivity contribution in [2.45, 2.75) is 37.9 Å². The smallest absolute Gasteiger partial charge is 0.264 e. The highest BCUT2D eigenvalue weighted by atomic mass is 32.2. The molecule has 1 aromatic heterocycles. The number of thiophene rings is 1. The monoisotopic (exact) mass is 370 g/mol. The molecule has 2 saturated heterocycles. The van der Waals surface area contributed by atoms with E-state index in [9.17, 15) is 18.0 Å². The van der Waals surface area contributed by atoms with Gasteiger partial charge in [-0.05, 0) is 31.4 Å². The van der Waals surface area contributed by atoms with Gasteiger partial charge >= 0.3 is 0 Å². The SMILES string of the molecule is CCCc1cc(C(=O)N2CC3(C2)C(C(N)=O)CCS3(=O)=O)sc1C. The summed E-state index contributed by atoms with van der Waals surface area (Å²) in [6.07, 6.45) is 2.20. The minimum absolute atomic E-state index is 0.0264. The molecule has 2 N–H and O–H groups in total. The molecule has 0 aromatic carbocycles. The van der Waals surface area contributed by atoms with Gasteiger partial charge in [0.15, 0.2) is 9.84 Å². The molecule has 6 nitrogen and oxygen atoms in total. The van der Waals surface area contributed by atoms with Crippen LogP contribution in [0.25, 0.3) is 0 Å². The zero-order chi connectivity index (χ0) is 17.7. The van der Waals surface area contributed by atoms with E-state index < -0.39 is 26.4 Å². The van der Waals surface area contributed by atoms with Crippen LogP contribution in [0.4, 0.5) is 0 Å². The van der Waals surface area contributed by atoms with Crippen LogP contribution < -0.4 is 5.73 Å². The lowest BCUT2D eigenvalue weighted by atomic mass is 9.82. The lowest BCUT2D eigenvalue weighted by molar-refractivity contribution is -0.124. The van der Waals surface area contributed by atoms with E-state index in [-0.39, 0.29) is 31.2 Å². The average molecular weight is 370 g/mol. The zero-order valence-electron chi connectivity index (χ0n) is 13.9. The Morgan fingerprint density at radius 1 is 1.42 bits per heavy atom. The lowest BCUT2D eigenvalue weighted by Gasteiger charge is -2.48. The van der Waals surface area contributed by atoms with Crippen LogP contribution >= 0.6 is 11.3 Å². The third-order valence-corrected chi connectivity index (χ3v) is 8.86. The number of rotatable bonds is 4. The number of carbonyl (C=O) groups excluding carboxylic acids is 2. The van der Waals surface area contributed by atoms with Crippen LogP contribution in [0, 0.1) is 12.8 Å². The number of carbonyl (C=O) groups is 2. The number of nitrogens with two attached hydrogens (primary N) is 1. The third-order valence-electron chi connectivity index (χ3n) is 5.23. The molecule has 2 aliphatic rings. The summed E-state index contributed by atoms with van der Waals surface area (Å²) < 4.78 is 23.6. The van der Waals surface area contributed by atoms with Gasteiger partial charge in [-0.2, -0.15) is 0 Å². The molecule has 0 bridgehead atoms. The van der Waals surface area contributed by atoms with Crippen molar-refractivity contribution >= 4 is 33.0 Å². The van der Waals surface area contributed by atoms with Crippen molar-refractivity contribution in [2.75, 3.05) is 18.8 Å². The van der Waals surface area contributed by atoms with Crippen LogP contribution in [-0.4, -0.2) is 48.7 Å². The molecule has 2 aliphatic heterocycles. The van der Waals surface area contributed by atoms with Crippen molar-refractivity contribution in [3.8, 4) is 0 Å². The topological polar surface area (TPSA) is 97.5 Å². The molecular weight excluding hydrogens is 348 g/mol. The third kappa shape index (κ3) is 2.47. The van der Waals surface area contributed by atoms with Crippen molar-refractivity contribution in [3.05, 3.63) is 21.4 Å². The lowest BCUT2D eigenvalue weighted by Crippen LogP contribution is -2.69. The van der Waals surface area contributed by atoms with Gasteiger partial charge in [0.05, 0.1) is 16.5 Å². The fourth-order valence-corrected chi connectivity index (χ4v) is 7.18. The van der Waals surface area contributed by atoms with Gasteiger partial charge in [0.2, 0.25) is 5.91 Å². The van der Waals surface area contributed by atoms with E-state index in [1.807, 2.05) is 13.0 Å². The summed E-state index contributed by atoms with van der Waals surface area (Å²) in [5.41, 5.74) is 6.56. The van der Waals surface area contributed by atoms with E-state index >= 15 is 0 Å².